The van der Waals surface area contributed by atoms with Gasteiger partial charge in [-0.3, -0.25) is 4.79 Å². The van der Waals surface area contributed by atoms with Crippen molar-refractivity contribution in [3.05, 3.63) is 12.7 Å². The summed E-state index contributed by atoms with van der Waals surface area (Å²) in [7, 11) is 1.93. The van der Waals surface area contributed by atoms with E-state index in [1.165, 1.54) is 0 Å². The van der Waals surface area contributed by atoms with Crippen molar-refractivity contribution in [3.8, 4) is 0 Å². The van der Waals surface area contributed by atoms with Gasteiger partial charge in [-0.05, 0) is 12.8 Å². The van der Waals surface area contributed by atoms with Crippen LogP contribution < -0.4 is 4.90 Å². The highest BCUT2D eigenvalue weighted by molar-refractivity contribution is 5.85. The predicted molar refractivity (Wildman–Crippen MR) is 77.8 cm³/mol. The molecule has 2 aliphatic rings. The third-order valence-electron chi connectivity index (χ3n) is 4.71. The SMILES string of the molecule is CN1C(=O)[C@@H]2CCC[C@H]1CN(c1ncnc3nc[nH]c13)C2. The quantitative estimate of drug-likeness (QED) is 0.839. The molecule has 110 valence electrons. The lowest BCUT2D eigenvalue weighted by Gasteiger charge is -2.30. The van der Waals surface area contributed by atoms with Crippen molar-refractivity contribution in [2.75, 3.05) is 25.0 Å². The molecule has 2 aromatic heterocycles. The van der Waals surface area contributed by atoms with E-state index in [1.807, 2.05) is 11.9 Å². The summed E-state index contributed by atoms with van der Waals surface area (Å²) in [4.78, 5) is 32.5. The number of H-pyrrole nitrogens is 1. The Labute approximate surface area is 122 Å². The van der Waals surface area contributed by atoms with Gasteiger partial charge in [-0.15, -0.1) is 0 Å². The van der Waals surface area contributed by atoms with Crippen molar-refractivity contribution < 1.29 is 4.79 Å². The van der Waals surface area contributed by atoms with Gasteiger partial charge >= 0.3 is 0 Å². The second kappa shape index (κ2) is 4.68. The molecular formula is C14H18N6O. The Morgan fingerprint density at radius 1 is 1.24 bits per heavy atom. The van der Waals surface area contributed by atoms with Crippen LogP contribution in [0.1, 0.15) is 19.3 Å². The zero-order chi connectivity index (χ0) is 14.4. The number of hydrogen-bond acceptors (Lipinski definition) is 5. The number of imidazole rings is 1. The van der Waals surface area contributed by atoms with E-state index in [9.17, 15) is 4.79 Å². The van der Waals surface area contributed by atoms with Crippen LogP contribution in [0.3, 0.4) is 0 Å². The molecule has 2 atom stereocenters. The summed E-state index contributed by atoms with van der Waals surface area (Å²) in [5, 5.41) is 0. The summed E-state index contributed by atoms with van der Waals surface area (Å²) in [6.07, 6.45) is 6.34. The van der Waals surface area contributed by atoms with Gasteiger partial charge in [0, 0.05) is 26.2 Å². The van der Waals surface area contributed by atoms with E-state index in [0.717, 1.165) is 43.7 Å². The van der Waals surface area contributed by atoms with Crippen LogP contribution in [0.25, 0.3) is 11.2 Å². The lowest BCUT2D eigenvalue weighted by molar-refractivity contribution is -0.134. The highest BCUT2D eigenvalue weighted by Gasteiger charge is 2.37. The van der Waals surface area contributed by atoms with Gasteiger partial charge in [-0.1, -0.05) is 6.42 Å². The van der Waals surface area contributed by atoms with Crippen molar-refractivity contribution in [2.45, 2.75) is 25.3 Å². The number of aromatic nitrogens is 4. The maximum Gasteiger partial charge on any atom is 0.227 e. The molecule has 21 heavy (non-hydrogen) atoms. The van der Waals surface area contributed by atoms with Crippen LogP contribution in [0.15, 0.2) is 12.7 Å². The molecule has 0 aliphatic carbocycles. The number of anilines is 1. The number of aromatic amines is 1. The molecular weight excluding hydrogens is 268 g/mol. The Hall–Kier alpha value is -2.18. The largest absolute Gasteiger partial charge is 0.352 e. The van der Waals surface area contributed by atoms with E-state index in [0.29, 0.717) is 5.65 Å². The Balaban J connectivity index is 1.76. The molecule has 2 fully saturated rings. The van der Waals surface area contributed by atoms with E-state index < -0.39 is 0 Å². The van der Waals surface area contributed by atoms with Gasteiger partial charge in [0.05, 0.1) is 12.2 Å². The molecule has 1 amide bonds. The number of carbonyl (C=O) groups excluding carboxylic acids is 1. The van der Waals surface area contributed by atoms with E-state index in [4.69, 9.17) is 0 Å². The van der Waals surface area contributed by atoms with Crippen molar-refractivity contribution >= 4 is 22.9 Å². The van der Waals surface area contributed by atoms with Crippen molar-refractivity contribution in [1.82, 2.24) is 24.8 Å². The molecule has 2 aromatic rings. The number of likely N-dealkylation sites (N-methyl/N-ethyl adjacent to an activating group) is 1. The Bertz CT molecular complexity index is 683. The van der Waals surface area contributed by atoms with E-state index in [1.54, 1.807) is 12.7 Å². The molecule has 2 aliphatic heterocycles. The molecule has 0 aromatic carbocycles. The van der Waals surface area contributed by atoms with Gasteiger partial charge in [0.15, 0.2) is 11.5 Å². The molecule has 4 heterocycles. The number of amides is 1. The van der Waals surface area contributed by atoms with Crippen LogP contribution >= 0.6 is 0 Å². The minimum Gasteiger partial charge on any atom is -0.352 e. The molecule has 2 saturated heterocycles. The van der Waals surface area contributed by atoms with E-state index in [-0.39, 0.29) is 17.9 Å². The summed E-state index contributed by atoms with van der Waals surface area (Å²) in [5.74, 6) is 1.20. The molecule has 7 heteroatoms. The Morgan fingerprint density at radius 2 is 2.14 bits per heavy atom. The zero-order valence-electron chi connectivity index (χ0n) is 12.0. The predicted octanol–water partition coefficient (Wildman–Crippen LogP) is 0.800. The molecule has 0 radical (unpaired) electrons. The first-order valence-electron chi connectivity index (χ1n) is 7.39. The Kier molecular flexibility index (Phi) is 2.80. The van der Waals surface area contributed by atoms with Gasteiger partial charge in [0.1, 0.15) is 11.8 Å². The fourth-order valence-electron chi connectivity index (χ4n) is 3.53. The third kappa shape index (κ3) is 1.95. The topological polar surface area (TPSA) is 78.0 Å². The first-order chi connectivity index (χ1) is 10.2. The van der Waals surface area contributed by atoms with E-state index >= 15 is 0 Å². The van der Waals surface area contributed by atoms with Crippen LogP contribution in [-0.2, 0) is 4.79 Å². The van der Waals surface area contributed by atoms with Crippen molar-refractivity contribution in [1.29, 1.82) is 0 Å². The Morgan fingerprint density at radius 3 is 3.05 bits per heavy atom. The minimum atomic E-state index is 0.0652. The van der Waals surface area contributed by atoms with Gasteiger partial charge in [-0.25, -0.2) is 15.0 Å². The second-order valence-electron chi connectivity index (χ2n) is 5.93. The van der Waals surface area contributed by atoms with Crippen molar-refractivity contribution in [2.24, 2.45) is 5.92 Å². The van der Waals surface area contributed by atoms with Crippen molar-refractivity contribution in [3.63, 3.8) is 0 Å². The number of carbonyl (C=O) groups is 1. The standard InChI is InChI=1S/C14H18N6O/c1-19-10-4-2-3-9(14(19)21)5-20(6-10)13-11-12(16-7-15-11)17-8-18-13/h7-10H,2-6H2,1H3,(H,15,16,17,18)/t9-,10+/m1/s1. The molecule has 7 nitrogen and oxygen atoms in total. The number of rotatable bonds is 1. The zero-order valence-corrected chi connectivity index (χ0v) is 12.0. The summed E-state index contributed by atoms with van der Waals surface area (Å²) in [6, 6.07) is 0.262. The fraction of sp³-hybridized carbons (Fsp3) is 0.571. The minimum absolute atomic E-state index is 0.0652. The molecule has 4 rings (SSSR count). The van der Waals surface area contributed by atoms with Gasteiger partial charge in [-0.2, -0.15) is 0 Å². The van der Waals surface area contributed by atoms with Gasteiger partial charge < -0.3 is 14.8 Å². The van der Waals surface area contributed by atoms with Crippen LogP contribution in [0.2, 0.25) is 0 Å². The number of nitrogens with zero attached hydrogens (tertiary/aromatic N) is 5. The number of hydrogen-bond donors (Lipinski definition) is 1. The summed E-state index contributed by atoms with van der Waals surface area (Å²) < 4.78 is 0. The highest BCUT2D eigenvalue weighted by atomic mass is 16.2. The van der Waals surface area contributed by atoms with Gasteiger partial charge in [0.2, 0.25) is 5.91 Å². The van der Waals surface area contributed by atoms with Crippen LogP contribution in [0.4, 0.5) is 5.82 Å². The smallest absolute Gasteiger partial charge is 0.227 e. The molecule has 2 bridgehead atoms. The molecule has 1 N–H and O–H groups in total. The van der Waals surface area contributed by atoms with Crippen LogP contribution in [0, 0.1) is 5.92 Å². The lowest BCUT2D eigenvalue weighted by Crippen LogP contribution is -2.40. The van der Waals surface area contributed by atoms with Crippen LogP contribution in [-0.4, -0.2) is 56.9 Å². The number of nitrogens with one attached hydrogen (secondary N) is 1. The van der Waals surface area contributed by atoms with Crippen LogP contribution in [0.5, 0.6) is 0 Å². The lowest BCUT2D eigenvalue weighted by atomic mass is 9.99. The normalized spacial score (nSPS) is 26.2. The summed E-state index contributed by atoms with van der Waals surface area (Å²) >= 11 is 0. The molecule has 0 unspecified atom stereocenters. The maximum atomic E-state index is 12.5. The maximum absolute atomic E-state index is 12.5. The summed E-state index contributed by atoms with van der Waals surface area (Å²) in [5.41, 5.74) is 1.53. The highest BCUT2D eigenvalue weighted by Crippen LogP contribution is 2.30. The first-order valence-corrected chi connectivity index (χ1v) is 7.39. The van der Waals surface area contributed by atoms with Gasteiger partial charge in [0.25, 0.3) is 0 Å². The first kappa shape index (κ1) is 12.6. The average molecular weight is 286 g/mol. The second-order valence-corrected chi connectivity index (χ2v) is 5.93. The monoisotopic (exact) mass is 286 g/mol. The number of fused-ring (bicyclic) bond motifs is 4. The average Bonchev–Trinajstić information content (AvgIpc) is 2.86. The summed E-state index contributed by atoms with van der Waals surface area (Å²) in [6.45, 7) is 1.55. The fourth-order valence-corrected chi connectivity index (χ4v) is 3.53. The van der Waals surface area contributed by atoms with E-state index in [2.05, 4.69) is 24.8 Å². The molecule has 0 saturated carbocycles. The third-order valence-corrected chi connectivity index (χ3v) is 4.71. The molecule has 0 spiro atoms.